The molecule has 1 amide bonds. The van der Waals surface area contributed by atoms with Crippen molar-refractivity contribution < 1.29 is 4.79 Å². The Hall–Kier alpha value is -3.74. The molecule has 2 heterocycles. The van der Waals surface area contributed by atoms with Crippen LogP contribution in [0.5, 0.6) is 0 Å². The third kappa shape index (κ3) is 2.78. The van der Waals surface area contributed by atoms with Gasteiger partial charge in [-0.3, -0.25) is 15.0 Å². The molecule has 0 aliphatic rings. The quantitative estimate of drug-likeness (QED) is 0.622. The van der Waals surface area contributed by atoms with E-state index in [1.807, 2.05) is 30.3 Å². The normalized spacial score (nSPS) is 10.7. The topological polar surface area (TPSA) is 81.8 Å². The van der Waals surface area contributed by atoms with Gasteiger partial charge in [-0.25, -0.2) is 9.66 Å². The summed E-state index contributed by atoms with van der Waals surface area (Å²) in [5.74, 6) is -0.437. The van der Waals surface area contributed by atoms with Gasteiger partial charge >= 0.3 is 0 Å². The number of nitrogens with one attached hydrogen (secondary N) is 1. The lowest BCUT2D eigenvalue weighted by molar-refractivity contribution is 0.100. The van der Waals surface area contributed by atoms with Crippen LogP contribution in [0.3, 0.4) is 0 Å². The molecule has 122 valence electrons. The lowest BCUT2D eigenvalue weighted by Crippen LogP contribution is -2.28. The predicted molar refractivity (Wildman–Crippen MR) is 93.3 cm³/mol. The van der Waals surface area contributed by atoms with Gasteiger partial charge < -0.3 is 0 Å². The van der Waals surface area contributed by atoms with Crippen LogP contribution in [0, 0.1) is 0 Å². The van der Waals surface area contributed by atoms with Crippen molar-refractivity contribution in [2.24, 2.45) is 0 Å². The number of aromatic nitrogens is 4. The first-order valence-corrected chi connectivity index (χ1v) is 7.62. The molecule has 0 aliphatic heterocycles. The van der Waals surface area contributed by atoms with Crippen molar-refractivity contribution in [3.05, 3.63) is 89.1 Å². The molecule has 0 unspecified atom stereocenters. The lowest BCUT2D eigenvalue weighted by Gasteiger charge is -2.08. The van der Waals surface area contributed by atoms with Gasteiger partial charge in [0.25, 0.3) is 11.5 Å². The molecule has 7 heteroatoms. The lowest BCUT2D eigenvalue weighted by atomic mass is 10.3. The first-order chi connectivity index (χ1) is 12.2. The van der Waals surface area contributed by atoms with Gasteiger partial charge in [0.15, 0.2) is 5.69 Å². The maximum atomic E-state index is 12.5. The van der Waals surface area contributed by atoms with Crippen LogP contribution in [0.1, 0.15) is 10.5 Å². The molecule has 25 heavy (non-hydrogen) atoms. The van der Waals surface area contributed by atoms with Crippen LogP contribution in [-0.2, 0) is 0 Å². The summed E-state index contributed by atoms with van der Waals surface area (Å²) >= 11 is 0. The van der Waals surface area contributed by atoms with Crippen molar-refractivity contribution in [2.75, 3.05) is 5.43 Å². The Bertz CT molecular complexity index is 1110. The number of para-hydroxylation sites is 3. The summed E-state index contributed by atoms with van der Waals surface area (Å²) in [5.41, 5.74) is 4.67. The number of rotatable bonds is 3. The van der Waals surface area contributed by atoms with Crippen LogP contribution in [0.4, 0.5) is 0 Å². The van der Waals surface area contributed by atoms with Gasteiger partial charge in [-0.1, -0.05) is 30.3 Å². The van der Waals surface area contributed by atoms with Gasteiger partial charge in [0.05, 0.1) is 16.7 Å². The smallest absolute Gasteiger partial charge is 0.267 e. The Morgan fingerprint density at radius 1 is 0.920 bits per heavy atom. The molecule has 0 spiro atoms. The Morgan fingerprint density at radius 2 is 1.68 bits per heavy atom. The van der Waals surface area contributed by atoms with Crippen molar-refractivity contribution >= 4 is 16.9 Å². The highest BCUT2D eigenvalue weighted by Gasteiger charge is 2.12. The average molecular weight is 331 g/mol. The van der Waals surface area contributed by atoms with E-state index >= 15 is 0 Å². The predicted octanol–water partition coefficient (Wildman–Crippen LogP) is 1.97. The summed E-state index contributed by atoms with van der Waals surface area (Å²) in [4.78, 5) is 28.8. The Balaban J connectivity index is 1.68. The summed E-state index contributed by atoms with van der Waals surface area (Å²) in [6.45, 7) is 0. The third-order valence-electron chi connectivity index (χ3n) is 3.71. The number of amides is 1. The summed E-state index contributed by atoms with van der Waals surface area (Å²) < 4.78 is 2.72. The van der Waals surface area contributed by atoms with E-state index < -0.39 is 5.91 Å². The van der Waals surface area contributed by atoms with E-state index in [9.17, 15) is 9.59 Å². The number of benzene rings is 2. The molecule has 0 bridgehead atoms. The maximum absolute atomic E-state index is 12.5. The van der Waals surface area contributed by atoms with Gasteiger partial charge in [-0.15, -0.1) is 0 Å². The number of carbonyl (C=O) groups excluding carboxylic acids is 1. The second-order valence-corrected chi connectivity index (χ2v) is 5.35. The largest absolute Gasteiger partial charge is 0.290 e. The maximum Gasteiger partial charge on any atom is 0.290 e. The van der Waals surface area contributed by atoms with Crippen LogP contribution in [0.25, 0.3) is 16.7 Å². The zero-order chi connectivity index (χ0) is 17.2. The van der Waals surface area contributed by atoms with E-state index in [1.54, 1.807) is 24.3 Å². The molecule has 0 saturated heterocycles. The van der Waals surface area contributed by atoms with Crippen LogP contribution in [0.15, 0.2) is 77.9 Å². The minimum absolute atomic E-state index is 0.126. The first kappa shape index (κ1) is 14.8. The molecule has 2 aromatic carbocycles. The zero-order valence-electron chi connectivity index (χ0n) is 13.0. The average Bonchev–Trinajstić information content (AvgIpc) is 3.06. The standard InChI is InChI=1S/C18H13N5O2/c24-17-11-10-15(20-23(17)13-6-2-1-3-7-13)18(25)21-22-12-19-14-8-4-5-9-16(14)22/h1-12H,(H,21,25). The molecule has 0 radical (unpaired) electrons. The van der Waals surface area contributed by atoms with Crippen molar-refractivity contribution in [1.29, 1.82) is 0 Å². The zero-order valence-corrected chi connectivity index (χ0v) is 13.0. The molecule has 2 aromatic heterocycles. The fourth-order valence-electron chi connectivity index (χ4n) is 2.50. The van der Waals surface area contributed by atoms with Gasteiger partial charge in [-0.05, 0) is 30.3 Å². The van der Waals surface area contributed by atoms with Crippen LogP contribution in [-0.4, -0.2) is 25.3 Å². The summed E-state index contributed by atoms with van der Waals surface area (Å²) in [7, 11) is 0. The van der Waals surface area contributed by atoms with Crippen LogP contribution in [0.2, 0.25) is 0 Å². The van der Waals surface area contributed by atoms with E-state index in [1.165, 1.54) is 27.8 Å². The third-order valence-corrected chi connectivity index (χ3v) is 3.71. The molecule has 7 nitrogen and oxygen atoms in total. The molecule has 0 fully saturated rings. The van der Waals surface area contributed by atoms with E-state index in [4.69, 9.17) is 0 Å². The molecular weight excluding hydrogens is 318 g/mol. The van der Waals surface area contributed by atoms with E-state index in [-0.39, 0.29) is 11.3 Å². The van der Waals surface area contributed by atoms with Gasteiger partial charge in [0.1, 0.15) is 6.33 Å². The minimum Gasteiger partial charge on any atom is -0.267 e. The second-order valence-electron chi connectivity index (χ2n) is 5.35. The second kappa shape index (κ2) is 6.04. The van der Waals surface area contributed by atoms with Crippen LogP contribution < -0.4 is 11.0 Å². The van der Waals surface area contributed by atoms with Crippen molar-refractivity contribution in [1.82, 2.24) is 19.4 Å². The Morgan fingerprint density at radius 3 is 2.52 bits per heavy atom. The van der Waals surface area contributed by atoms with E-state index in [2.05, 4.69) is 15.5 Å². The molecule has 0 aliphatic carbocycles. The molecule has 4 rings (SSSR count). The van der Waals surface area contributed by atoms with Crippen molar-refractivity contribution in [2.45, 2.75) is 0 Å². The summed E-state index contributed by atoms with van der Waals surface area (Å²) in [6.07, 6.45) is 1.52. The highest BCUT2D eigenvalue weighted by atomic mass is 16.2. The molecule has 0 atom stereocenters. The summed E-state index contributed by atoms with van der Waals surface area (Å²) in [6, 6.07) is 19.1. The fourth-order valence-corrected chi connectivity index (χ4v) is 2.50. The SMILES string of the molecule is O=C(Nn1cnc2ccccc21)c1ccc(=O)n(-c2ccccc2)n1. The van der Waals surface area contributed by atoms with Crippen molar-refractivity contribution in [3.63, 3.8) is 0 Å². The Kier molecular flexibility index (Phi) is 3.59. The molecule has 1 N–H and O–H groups in total. The van der Waals surface area contributed by atoms with Crippen molar-refractivity contribution in [3.8, 4) is 5.69 Å². The van der Waals surface area contributed by atoms with Crippen LogP contribution >= 0.6 is 0 Å². The fraction of sp³-hybridized carbons (Fsp3) is 0. The van der Waals surface area contributed by atoms with Gasteiger partial charge in [0, 0.05) is 6.07 Å². The molecular formula is C18H13N5O2. The van der Waals surface area contributed by atoms with E-state index in [0.717, 1.165) is 11.0 Å². The van der Waals surface area contributed by atoms with Gasteiger partial charge in [-0.2, -0.15) is 9.78 Å². The first-order valence-electron chi connectivity index (χ1n) is 7.62. The van der Waals surface area contributed by atoms with E-state index in [0.29, 0.717) is 5.69 Å². The highest BCUT2D eigenvalue weighted by molar-refractivity contribution is 5.99. The number of carbonyl (C=O) groups is 1. The number of imidazole rings is 1. The molecule has 4 aromatic rings. The number of hydrogen-bond acceptors (Lipinski definition) is 4. The minimum atomic E-state index is -0.437. The molecule has 0 saturated carbocycles. The number of nitrogens with zero attached hydrogens (tertiary/aromatic N) is 4. The Labute approximate surface area is 142 Å². The summed E-state index contributed by atoms with van der Waals surface area (Å²) in [5, 5.41) is 4.16. The highest BCUT2D eigenvalue weighted by Crippen LogP contribution is 2.10. The monoisotopic (exact) mass is 331 g/mol. The number of fused-ring (bicyclic) bond motifs is 1. The number of hydrogen-bond donors (Lipinski definition) is 1. The van der Waals surface area contributed by atoms with Gasteiger partial charge in [0.2, 0.25) is 0 Å².